The number of hydrogen-bond acceptors (Lipinski definition) is 3. The molecular formula is C14H21FN2O2S. The molecule has 0 aliphatic heterocycles. The predicted octanol–water partition coefficient (Wildman–Crippen LogP) is 2.30. The van der Waals surface area contributed by atoms with Gasteiger partial charge in [-0.15, -0.1) is 0 Å². The molecule has 112 valence electrons. The summed E-state index contributed by atoms with van der Waals surface area (Å²) in [5.74, 6) is 0.429. The first-order chi connectivity index (χ1) is 9.16. The van der Waals surface area contributed by atoms with Crippen LogP contribution in [-0.4, -0.2) is 26.3 Å². The zero-order valence-electron chi connectivity index (χ0n) is 12.3. The van der Waals surface area contributed by atoms with Gasteiger partial charge in [0.15, 0.2) is 0 Å². The topological polar surface area (TPSA) is 63.4 Å². The van der Waals surface area contributed by atoms with Crippen molar-refractivity contribution < 1.29 is 12.8 Å². The molecule has 0 aromatic heterocycles. The Morgan fingerprint density at radius 1 is 1.45 bits per heavy atom. The van der Waals surface area contributed by atoms with E-state index in [0.717, 1.165) is 6.42 Å². The lowest BCUT2D eigenvalue weighted by atomic mass is 10.1. The highest BCUT2D eigenvalue weighted by Crippen LogP contribution is 2.39. The molecule has 2 atom stereocenters. The zero-order valence-corrected chi connectivity index (χ0v) is 13.1. The van der Waals surface area contributed by atoms with Crippen molar-refractivity contribution in [1.29, 1.82) is 0 Å². The van der Waals surface area contributed by atoms with Crippen LogP contribution < -0.4 is 5.73 Å². The number of rotatable bonds is 4. The first-order valence-electron chi connectivity index (χ1n) is 6.67. The molecule has 6 heteroatoms. The molecule has 0 radical (unpaired) electrons. The monoisotopic (exact) mass is 300 g/mol. The molecule has 1 aromatic carbocycles. The van der Waals surface area contributed by atoms with E-state index < -0.39 is 15.8 Å². The second-order valence-corrected chi connectivity index (χ2v) is 7.78. The second-order valence-electron chi connectivity index (χ2n) is 5.80. The fourth-order valence-corrected chi connectivity index (χ4v) is 4.23. The van der Waals surface area contributed by atoms with Crippen LogP contribution in [0.15, 0.2) is 11.0 Å². The molecule has 2 N–H and O–H groups in total. The number of halogens is 1. The molecular weight excluding hydrogens is 279 g/mol. The third-order valence-corrected chi connectivity index (χ3v) is 6.25. The third-order valence-electron chi connectivity index (χ3n) is 4.14. The van der Waals surface area contributed by atoms with Gasteiger partial charge in [0.1, 0.15) is 5.82 Å². The van der Waals surface area contributed by atoms with Crippen molar-refractivity contribution in [1.82, 2.24) is 4.31 Å². The molecule has 0 heterocycles. The van der Waals surface area contributed by atoms with Crippen LogP contribution in [0, 0.1) is 31.5 Å². The molecule has 0 amide bonds. The largest absolute Gasteiger partial charge is 0.396 e. The Kier molecular flexibility index (Phi) is 3.81. The lowest BCUT2D eigenvalue weighted by molar-refractivity contribution is 0.444. The van der Waals surface area contributed by atoms with E-state index >= 15 is 0 Å². The Labute approximate surface area is 119 Å². The summed E-state index contributed by atoms with van der Waals surface area (Å²) in [4.78, 5) is 0.132. The summed E-state index contributed by atoms with van der Waals surface area (Å²) in [6, 6.07) is 1.18. The third kappa shape index (κ3) is 2.54. The van der Waals surface area contributed by atoms with Crippen LogP contribution >= 0.6 is 0 Å². The van der Waals surface area contributed by atoms with E-state index in [4.69, 9.17) is 5.73 Å². The van der Waals surface area contributed by atoms with Gasteiger partial charge in [-0.25, -0.2) is 17.1 Å². The molecule has 1 saturated carbocycles. The number of sulfonamides is 1. The second kappa shape index (κ2) is 5.00. The number of nitrogens with zero attached hydrogens (tertiary/aromatic N) is 1. The molecule has 1 fully saturated rings. The smallest absolute Gasteiger partial charge is 0.243 e. The van der Waals surface area contributed by atoms with E-state index in [1.54, 1.807) is 20.9 Å². The van der Waals surface area contributed by atoms with E-state index in [-0.39, 0.29) is 16.1 Å². The fraction of sp³-hybridized carbons (Fsp3) is 0.571. The fourth-order valence-electron chi connectivity index (χ4n) is 2.57. The molecule has 1 aromatic rings. The van der Waals surface area contributed by atoms with Crippen molar-refractivity contribution in [3.8, 4) is 0 Å². The Morgan fingerprint density at radius 2 is 2.00 bits per heavy atom. The molecule has 2 rings (SSSR count). The van der Waals surface area contributed by atoms with Crippen molar-refractivity contribution in [2.24, 2.45) is 11.8 Å². The molecule has 1 aliphatic carbocycles. The minimum Gasteiger partial charge on any atom is -0.396 e. The normalized spacial score (nSPS) is 22.3. The van der Waals surface area contributed by atoms with E-state index in [1.807, 2.05) is 0 Å². The Balaban J connectivity index is 2.41. The maximum absolute atomic E-state index is 13.5. The van der Waals surface area contributed by atoms with Gasteiger partial charge in [0, 0.05) is 13.6 Å². The summed E-state index contributed by atoms with van der Waals surface area (Å²) in [6.07, 6.45) is 1.06. The van der Waals surface area contributed by atoms with Crippen LogP contribution in [0.4, 0.5) is 10.1 Å². The van der Waals surface area contributed by atoms with E-state index in [0.29, 0.717) is 23.9 Å². The maximum atomic E-state index is 13.5. The number of hydrogen-bond donors (Lipinski definition) is 1. The molecule has 0 saturated heterocycles. The Hall–Kier alpha value is -1.14. The van der Waals surface area contributed by atoms with Gasteiger partial charge in [0.2, 0.25) is 10.0 Å². The van der Waals surface area contributed by atoms with Crippen molar-refractivity contribution >= 4 is 15.7 Å². The maximum Gasteiger partial charge on any atom is 0.243 e. The highest BCUT2D eigenvalue weighted by molar-refractivity contribution is 7.89. The van der Waals surface area contributed by atoms with Crippen molar-refractivity contribution in [2.75, 3.05) is 19.3 Å². The number of nitrogen functional groups attached to an aromatic ring is 1. The minimum atomic E-state index is -3.63. The van der Waals surface area contributed by atoms with Crippen LogP contribution in [0.2, 0.25) is 0 Å². The van der Waals surface area contributed by atoms with Gasteiger partial charge in [0.05, 0.1) is 10.6 Å². The number of aryl methyl sites for hydroxylation is 1. The Morgan fingerprint density at radius 3 is 2.50 bits per heavy atom. The average Bonchev–Trinajstić information content (AvgIpc) is 3.01. The minimum absolute atomic E-state index is 0.0950. The molecule has 2 unspecified atom stereocenters. The zero-order chi connectivity index (χ0) is 15.2. The summed E-state index contributed by atoms with van der Waals surface area (Å²) < 4.78 is 40.2. The van der Waals surface area contributed by atoms with Gasteiger partial charge in [-0.3, -0.25) is 0 Å². The number of anilines is 1. The van der Waals surface area contributed by atoms with Crippen molar-refractivity contribution in [2.45, 2.75) is 32.1 Å². The lowest BCUT2D eigenvalue weighted by Gasteiger charge is -2.21. The van der Waals surface area contributed by atoms with Crippen LogP contribution in [0.5, 0.6) is 0 Å². The van der Waals surface area contributed by atoms with Crippen LogP contribution in [-0.2, 0) is 10.0 Å². The SMILES string of the molecule is Cc1cc(F)c(N)c(C)c1S(=O)(=O)N(C)CC1CC1C. The summed E-state index contributed by atoms with van der Waals surface area (Å²) in [5, 5.41) is 0. The number of benzene rings is 1. The van der Waals surface area contributed by atoms with E-state index in [2.05, 4.69) is 6.92 Å². The van der Waals surface area contributed by atoms with Crippen molar-refractivity contribution in [3.63, 3.8) is 0 Å². The van der Waals surface area contributed by atoms with Crippen LogP contribution in [0.1, 0.15) is 24.5 Å². The molecule has 4 nitrogen and oxygen atoms in total. The van der Waals surface area contributed by atoms with Gasteiger partial charge in [-0.2, -0.15) is 0 Å². The Bertz CT molecular complexity index is 643. The van der Waals surface area contributed by atoms with Gasteiger partial charge in [-0.05, 0) is 49.3 Å². The van der Waals surface area contributed by atoms with E-state index in [9.17, 15) is 12.8 Å². The molecule has 0 spiro atoms. The van der Waals surface area contributed by atoms with Gasteiger partial charge < -0.3 is 5.73 Å². The average molecular weight is 300 g/mol. The first kappa shape index (κ1) is 15.3. The highest BCUT2D eigenvalue weighted by atomic mass is 32.2. The van der Waals surface area contributed by atoms with Gasteiger partial charge in [-0.1, -0.05) is 6.92 Å². The standard InChI is InChI=1S/C14H21FN2O2S/c1-8-5-11(8)7-17(4)20(18,19)14-9(2)6-12(15)13(16)10(14)3/h6,8,11H,5,7,16H2,1-4H3. The van der Waals surface area contributed by atoms with Crippen LogP contribution in [0.25, 0.3) is 0 Å². The predicted molar refractivity (Wildman–Crippen MR) is 77.4 cm³/mol. The highest BCUT2D eigenvalue weighted by Gasteiger charge is 2.37. The van der Waals surface area contributed by atoms with Gasteiger partial charge in [0.25, 0.3) is 0 Å². The van der Waals surface area contributed by atoms with Crippen molar-refractivity contribution in [3.05, 3.63) is 23.0 Å². The summed E-state index contributed by atoms with van der Waals surface area (Å²) in [7, 11) is -2.06. The summed E-state index contributed by atoms with van der Waals surface area (Å²) >= 11 is 0. The first-order valence-corrected chi connectivity index (χ1v) is 8.11. The quantitative estimate of drug-likeness (QED) is 0.868. The van der Waals surface area contributed by atoms with Gasteiger partial charge >= 0.3 is 0 Å². The van der Waals surface area contributed by atoms with E-state index in [1.165, 1.54) is 10.4 Å². The number of nitrogens with two attached hydrogens (primary N) is 1. The summed E-state index contributed by atoms with van der Waals surface area (Å²) in [5.41, 5.74) is 6.21. The molecule has 20 heavy (non-hydrogen) atoms. The molecule has 1 aliphatic rings. The molecule has 0 bridgehead atoms. The summed E-state index contributed by atoms with van der Waals surface area (Å²) in [6.45, 7) is 5.75. The van der Waals surface area contributed by atoms with Crippen LogP contribution in [0.3, 0.4) is 0 Å². The lowest BCUT2D eigenvalue weighted by Crippen LogP contribution is -2.30.